The number of likely N-dealkylation sites (N-methyl/N-ethyl adjacent to an activating group) is 1. The van der Waals surface area contributed by atoms with E-state index in [1.54, 1.807) is 18.1 Å². The molecule has 2 amide bonds. The Morgan fingerprint density at radius 3 is 2.80 bits per heavy atom. The van der Waals surface area contributed by atoms with E-state index in [-0.39, 0.29) is 43.0 Å². The lowest BCUT2D eigenvalue weighted by Gasteiger charge is -2.37. The fraction of sp³-hybridized carbons (Fsp3) is 0.619. The molecule has 0 saturated carbocycles. The Morgan fingerprint density at radius 2 is 2.10 bits per heavy atom. The van der Waals surface area contributed by atoms with E-state index in [1.807, 2.05) is 26.2 Å². The Kier molecular flexibility index (Phi) is 7.65. The van der Waals surface area contributed by atoms with Gasteiger partial charge in [-0.05, 0) is 38.7 Å². The normalized spacial score (nSPS) is 24.7. The van der Waals surface area contributed by atoms with Crippen LogP contribution in [0.25, 0.3) is 0 Å². The van der Waals surface area contributed by atoms with Crippen LogP contribution in [0.3, 0.4) is 0 Å². The van der Waals surface area contributed by atoms with Crippen molar-refractivity contribution in [3.8, 4) is 5.75 Å². The number of rotatable bonds is 9. The van der Waals surface area contributed by atoms with E-state index in [1.165, 1.54) is 0 Å². The largest absolute Gasteiger partial charge is 0.487 e. The Bertz CT molecular complexity index is 756. The maximum Gasteiger partial charge on any atom is 0.238 e. The van der Waals surface area contributed by atoms with E-state index in [2.05, 4.69) is 10.6 Å². The zero-order valence-corrected chi connectivity index (χ0v) is 17.7. The summed E-state index contributed by atoms with van der Waals surface area (Å²) in [6, 6.07) is 5.56. The number of nitrogens with one attached hydrogen (secondary N) is 2. The number of aliphatic hydroxyl groups is 1. The molecule has 1 fully saturated rings. The number of carbonyl (C=O) groups excluding carboxylic acids is 2. The number of hydrogen-bond acceptors (Lipinski definition) is 7. The molecule has 0 aromatic heterocycles. The van der Waals surface area contributed by atoms with Gasteiger partial charge in [-0.2, -0.15) is 0 Å². The highest BCUT2D eigenvalue weighted by Gasteiger charge is 2.46. The Balaban J connectivity index is 1.70. The summed E-state index contributed by atoms with van der Waals surface area (Å²) >= 11 is 0. The second kappa shape index (κ2) is 10.2. The predicted octanol–water partition coefficient (Wildman–Crippen LogP) is 0.334. The van der Waals surface area contributed by atoms with Gasteiger partial charge >= 0.3 is 0 Å². The molecule has 0 bridgehead atoms. The summed E-state index contributed by atoms with van der Waals surface area (Å²) in [6.45, 7) is 0.994. The molecule has 0 radical (unpaired) electrons. The van der Waals surface area contributed by atoms with Crippen molar-refractivity contribution < 1.29 is 28.9 Å². The number of benzene rings is 1. The number of carbonyl (C=O) groups is 2. The number of aliphatic hydroxyl groups excluding tert-OH is 1. The van der Waals surface area contributed by atoms with Gasteiger partial charge in [0.05, 0.1) is 32.3 Å². The number of amides is 2. The van der Waals surface area contributed by atoms with E-state index >= 15 is 0 Å². The third-order valence-corrected chi connectivity index (χ3v) is 5.28. The molecule has 1 aromatic carbocycles. The lowest BCUT2D eigenvalue weighted by molar-refractivity contribution is -0.142. The van der Waals surface area contributed by atoms with Crippen molar-refractivity contribution in [2.75, 3.05) is 52.8 Å². The summed E-state index contributed by atoms with van der Waals surface area (Å²) < 4.78 is 16.9. The minimum absolute atomic E-state index is 0.0200. The quantitative estimate of drug-likeness (QED) is 0.493. The van der Waals surface area contributed by atoms with Gasteiger partial charge in [0.15, 0.2) is 0 Å². The molecule has 3 N–H and O–H groups in total. The predicted molar refractivity (Wildman–Crippen MR) is 111 cm³/mol. The number of ether oxygens (including phenoxy) is 3. The second-order valence-corrected chi connectivity index (χ2v) is 7.99. The minimum atomic E-state index is -0.514. The van der Waals surface area contributed by atoms with Crippen molar-refractivity contribution in [3.05, 3.63) is 23.8 Å². The SMILES string of the molecule is COCCNC(=O)C[C@H]1C[C@@H]2c3cc(NC(=O)CN(C)C)ccc3O[C@@H]2[C@H](CO)O1. The van der Waals surface area contributed by atoms with Gasteiger partial charge in [0, 0.05) is 30.8 Å². The number of fused-ring (bicyclic) bond motifs is 3. The molecule has 1 saturated heterocycles. The van der Waals surface area contributed by atoms with Crippen LogP contribution in [0.5, 0.6) is 5.75 Å². The molecule has 9 nitrogen and oxygen atoms in total. The standard InChI is InChI=1S/C21H31N3O6/c1-24(2)11-20(27)23-13-4-5-17-15(8-13)16-9-14(10-19(26)22-6-7-28-3)29-18(12-25)21(16)30-17/h4-5,8,14,16,18,21,25H,6-7,9-12H2,1-3H3,(H,22,26)(H,23,27)/t14-,16-,18+,21+/m1/s1. The van der Waals surface area contributed by atoms with Crippen molar-refractivity contribution in [2.24, 2.45) is 0 Å². The Morgan fingerprint density at radius 1 is 1.30 bits per heavy atom. The van der Waals surface area contributed by atoms with Gasteiger partial charge < -0.3 is 34.9 Å². The molecule has 30 heavy (non-hydrogen) atoms. The van der Waals surface area contributed by atoms with Crippen LogP contribution in [0.15, 0.2) is 18.2 Å². The fourth-order valence-electron chi connectivity index (χ4n) is 4.03. The third-order valence-electron chi connectivity index (χ3n) is 5.28. The number of methoxy groups -OCH3 is 1. The molecule has 9 heteroatoms. The number of anilines is 1. The first-order chi connectivity index (χ1) is 14.4. The van der Waals surface area contributed by atoms with Crippen LogP contribution >= 0.6 is 0 Å². The first-order valence-corrected chi connectivity index (χ1v) is 10.2. The average Bonchev–Trinajstić information content (AvgIpc) is 3.05. The molecular formula is C21H31N3O6. The Labute approximate surface area is 176 Å². The highest BCUT2D eigenvalue weighted by atomic mass is 16.6. The smallest absolute Gasteiger partial charge is 0.238 e. The van der Waals surface area contributed by atoms with E-state index in [0.29, 0.717) is 31.8 Å². The topological polar surface area (TPSA) is 109 Å². The summed E-state index contributed by atoms with van der Waals surface area (Å²) in [6.07, 6.45) is -0.350. The van der Waals surface area contributed by atoms with Crippen molar-refractivity contribution in [1.29, 1.82) is 0 Å². The highest BCUT2D eigenvalue weighted by molar-refractivity contribution is 5.92. The van der Waals surface area contributed by atoms with Gasteiger partial charge in [0.1, 0.15) is 18.0 Å². The lowest BCUT2D eigenvalue weighted by Crippen LogP contribution is -2.47. The number of nitrogens with zero attached hydrogens (tertiary/aromatic N) is 1. The van der Waals surface area contributed by atoms with Gasteiger partial charge in [-0.3, -0.25) is 9.59 Å². The fourth-order valence-corrected chi connectivity index (χ4v) is 4.03. The second-order valence-electron chi connectivity index (χ2n) is 7.99. The molecular weight excluding hydrogens is 390 g/mol. The molecule has 2 aliphatic rings. The summed E-state index contributed by atoms with van der Waals surface area (Å²) in [5.41, 5.74) is 1.67. The maximum absolute atomic E-state index is 12.2. The zero-order chi connectivity index (χ0) is 21.7. The summed E-state index contributed by atoms with van der Waals surface area (Å²) in [5.74, 6) is 0.494. The summed E-state index contributed by atoms with van der Waals surface area (Å²) in [4.78, 5) is 26.1. The minimum Gasteiger partial charge on any atom is -0.487 e. The molecule has 166 valence electrons. The van der Waals surface area contributed by atoms with Crippen LogP contribution in [-0.2, 0) is 19.1 Å². The van der Waals surface area contributed by atoms with Crippen LogP contribution in [0.2, 0.25) is 0 Å². The monoisotopic (exact) mass is 421 g/mol. The lowest BCUT2D eigenvalue weighted by atomic mass is 9.84. The zero-order valence-electron chi connectivity index (χ0n) is 17.7. The summed E-state index contributed by atoms with van der Waals surface area (Å²) in [7, 11) is 5.25. The molecule has 4 atom stereocenters. The van der Waals surface area contributed by atoms with Gasteiger partial charge in [0.2, 0.25) is 11.8 Å². The van der Waals surface area contributed by atoms with Crippen LogP contribution in [-0.4, -0.2) is 87.6 Å². The van der Waals surface area contributed by atoms with Crippen molar-refractivity contribution in [3.63, 3.8) is 0 Å². The van der Waals surface area contributed by atoms with Crippen molar-refractivity contribution >= 4 is 17.5 Å². The summed E-state index contributed by atoms with van der Waals surface area (Å²) in [5, 5.41) is 15.5. The van der Waals surface area contributed by atoms with E-state index in [4.69, 9.17) is 14.2 Å². The van der Waals surface area contributed by atoms with Crippen LogP contribution in [0, 0.1) is 0 Å². The average molecular weight is 421 g/mol. The van der Waals surface area contributed by atoms with Gasteiger partial charge in [-0.1, -0.05) is 0 Å². The maximum atomic E-state index is 12.2. The van der Waals surface area contributed by atoms with Gasteiger partial charge in [-0.15, -0.1) is 0 Å². The number of hydrogen-bond donors (Lipinski definition) is 3. The molecule has 0 aliphatic carbocycles. The van der Waals surface area contributed by atoms with Crippen LogP contribution < -0.4 is 15.4 Å². The first-order valence-electron chi connectivity index (χ1n) is 10.2. The van der Waals surface area contributed by atoms with Gasteiger partial charge in [0.25, 0.3) is 0 Å². The molecule has 2 heterocycles. The molecule has 1 aromatic rings. The Hall–Kier alpha value is -2.20. The van der Waals surface area contributed by atoms with Crippen molar-refractivity contribution in [1.82, 2.24) is 10.2 Å². The highest BCUT2D eigenvalue weighted by Crippen LogP contribution is 2.47. The van der Waals surface area contributed by atoms with E-state index in [9.17, 15) is 14.7 Å². The molecule has 2 aliphatic heterocycles. The van der Waals surface area contributed by atoms with E-state index in [0.717, 1.165) is 11.3 Å². The third kappa shape index (κ3) is 5.48. The molecule has 0 unspecified atom stereocenters. The van der Waals surface area contributed by atoms with Crippen molar-refractivity contribution in [2.45, 2.75) is 37.1 Å². The molecule has 0 spiro atoms. The van der Waals surface area contributed by atoms with Gasteiger partial charge in [-0.25, -0.2) is 0 Å². The first kappa shape index (κ1) is 22.5. The van der Waals surface area contributed by atoms with Crippen LogP contribution in [0.1, 0.15) is 24.3 Å². The van der Waals surface area contributed by atoms with E-state index < -0.39 is 6.10 Å². The van der Waals surface area contributed by atoms with Crippen LogP contribution in [0.4, 0.5) is 5.69 Å². The molecule has 3 rings (SSSR count).